The highest BCUT2D eigenvalue weighted by atomic mass is 35.5. The lowest BCUT2D eigenvalue weighted by molar-refractivity contribution is -0.147. The summed E-state index contributed by atoms with van der Waals surface area (Å²) in [7, 11) is 0. The lowest BCUT2D eigenvalue weighted by Crippen LogP contribution is -2.62. The van der Waals surface area contributed by atoms with Gasteiger partial charge in [-0.25, -0.2) is 0 Å². The number of carbonyl (C=O) groups is 2. The number of hydrogen-bond donors (Lipinski definition) is 1. The number of benzene rings is 1. The van der Waals surface area contributed by atoms with Gasteiger partial charge in [0.15, 0.2) is 0 Å². The summed E-state index contributed by atoms with van der Waals surface area (Å²) in [5, 5.41) is 3.88. The maximum Gasteiger partial charge on any atom is 0.242 e. The molecular weight excluding hydrogens is 389 g/mol. The number of hydrogen-bond acceptors (Lipinski definition) is 4. The van der Waals surface area contributed by atoms with Gasteiger partial charge in [-0.3, -0.25) is 9.59 Å². The van der Waals surface area contributed by atoms with Gasteiger partial charge in [0.25, 0.3) is 0 Å². The SMILES string of the molecule is CC1CN(C(=O)[C@H]2NCCO[C@@H]2C)CCN1C(=O)Cc1cccc(Cl)c1.Cl. The molecule has 1 unspecified atom stereocenters. The van der Waals surface area contributed by atoms with Crippen LogP contribution < -0.4 is 5.32 Å². The molecule has 2 heterocycles. The molecule has 2 aliphatic heterocycles. The van der Waals surface area contributed by atoms with E-state index >= 15 is 0 Å². The van der Waals surface area contributed by atoms with Gasteiger partial charge in [0.1, 0.15) is 6.04 Å². The third-order valence-corrected chi connectivity index (χ3v) is 5.32. The van der Waals surface area contributed by atoms with E-state index < -0.39 is 0 Å². The molecule has 0 aliphatic carbocycles. The first-order chi connectivity index (χ1) is 12.5. The molecule has 0 aromatic heterocycles. The zero-order valence-corrected chi connectivity index (χ0v) is 17.3. The highest BCUT2D eigenvalue weighted by Gasteiger charge is 2.36. The molecule has 0 saturated carbocycles. The van der Waals surface area contributed by atoms with Crippen LogP contribution in [-0.4, -0.2) is 72.6 Å². The van der Waals surface area contributed by atoms with E-state index in [9.17, 15) is 9.59 Å². The first kappa shape index (κ1) is 22.0. The quantitative estimate of drug-likeness (QED) is 0.816. The van der Waals surface area contributed by atoms with Crippen LogP contribution in [0, 0.1) is 0 Å². The number of halogens is 2. The molecule has 1 aromatic rings. The summed E-state index contributed by atoms with van der Waals surface area (Å²) in [6.45, 7) is 6.88. The molecule has 27 heavy (non-hydrogen) atoms. The molecule has 2 amide bonds. The predicted molar refractivity (Wildman–Crippen MR) is 107 cm³/mol. The molecule has 1 aromatic carbocycles. The van der Waals surface area contributed by atoms with Crippen molar-refractivity contribution in [3.05, 3.63) is 34.9 Å². The number of nitrogens with one attached hydrogen (secondary N) is 1. The third kappa shape index (κ3) is 5.35. The molecule has 3 rings (SSSR count). The maximum atomic E-state index is 12.8. The van der Waals surface area contributed by atoms with E-state index in [1.165, 1.54) is 0 Å². The minimum Gasteiger partial charge on any atom is -0.375 e. The minimum absolute atomic E-state index is 0. The first-order valence-corrected chi connectivity index (χ1v) is 9.51. The van der Waals surface area contributed by atoms with Gasteiger partial charge in [0.2, 0.25) is 11.8 Å². The van der Waals surface area contributed by atoms with E-state index in [-0.39, 0.29) is 42.4 Å². The van der Waals surface area contributed by atoms with Gasteiger partial charge < -0.3 is 19.9 Å². The van der Waals surface area contributed by atoms with Crippen LogP contribution in [0.15, 0.2) is 24.3 Å². The molecule has 2 aliphatic rings. The van der Waals surface area contributed by atoms with E-state index in [1.54, 1.807) is 6.07 Å². The van der Waals surface area contributed by atoms with E-state index in [4.69, 9.17) is 16.3 Å². The van der Waals surface area contributed by atoms with Gasteiger partial charge in [-0.2, -0.15) is 0 Å². The molecule has 6 nitrogen and oxygen atoms in total. The second-order valence-electron chi connectivity index (χ2n) is 7.03. The van der Waals surface area contributed by atoms with Crippen molar-refractivity contribution < 1.29 is 14.3 Å². The molecule has 0 spiro atoms. The average molecular weight is 416 g/mol. The first-order valence-electron chi connectivity index (χ1n) is 9.13. The Bertz CT molecular complexity index is 673. The van der Waals surface area contributed by atoms with Crippen molar-refractivity contribution in [3.8, 4) is 0 Å². The van der Waals surface area contributed by atoms with Gasteiger partial charge >= 0.3 is 0 Å². The van der Waals surface area contributed by atoms with Crippen LogP contribution in [-0.2, 0) is 20.7 Å². The van der Waals surface area contributed by atoms with Crippen molar-refractivity contribution in [3.63, 3.8) is 0 Å². The van der Waals surface area contributed by atoms with Crippen molar-refractivity contribution in [1.29, 1.82) is 0 Å². The fraction of sp³-hybridized carbons (Fsp3) is 0.579. The monoisotopic (exact) mass is 415 g/mol. The molecule has 150 valence electrons. The normalized spacial score (nSPS) is 25.7. The standard InChI is InChI=1S/C19H26ClN3O3.ClH/c1-13-12-22(19(25)18-14(2)26-9-6-21-18)7-8-23(13)17(24)11-15-4-3-5-16(20)10-15;/h3-5,10,13-14,18,21H,6-9,11-12H2,1-2H3;1H/t13?,14-,18+;/m1./s1. The van der Waals surface area contributed by atoms with Crippen molar-refractivity contribution in [2.24, 2.45) is 0 Å². The van der Waals surface area contributed by atoms with Crippen LogP contribution in [0.4, 0.5) is 0 Å². The smallest absolute Gasteiger partial charge is 0.242 e. The summed E-state index contributed by atoms with van der Waals surface area (Å²) in [5.41, 5.74) is 0.908. The minimum atomic E-state index is -0.301. The largest absolute Gasteiger partial charge is 0.375 e. The Hall–Kier alpha value is -1.34. The summed E-state index contributed by atoms with van der Waals surface area (Å²) in [6, 6.07) is 7.06. The Morgan fingerprint density at radius 3 is 2.74 bits per heavy atom. The fourth-order valence-corrected chi connectivity index (χ4v) is 3.87. The Kier molecular flexibility index (Phi) is 7.91. The van der Waals surface area contributed by atoms with E-state index in [2.05, 4.69) is 5.32 Å². The zero-order chi connectivity index (χ0) is 18.7. The topological polar surface area (TPSA) is 61.9 Å². The second-order valence-corrected chi connectivity index (χ2v) is 7.47. The van der Waals surface area contributed by atoms with Gasteiger partial charge in [0, 0.05) is 37.2 Å². The highest BCUT2D eigenvalue weighted by molar-refractivity contribution is 6.30. The van der Waals surface area contributed by atoms with Gasteiger partial charge in [0.05, 0.1) is 19.1 Å². The molecule has 0 bridgehead atoms. The summed E-state index contributed by atoms with van der Waals surface area (Å²) in [4.78, 5) is 29.1. The number of amides is 2. The molecular formula is C19H27Cl2N3O3. The maximum absolute atomic E-state index is 12.8. The number of ether oxygens (including phenoxy) is 1. The molecule has 2 saturated heterocycles. The van der Waals surface area contributed by atoms with E-state index in [1.807, 2.05) is 41.8 Å². The number of piperazine rings is 1. The molecule has 8 heteroatoms. The van der Waals surface area contributed by atoms with Crippen molar-refractivity contribution in [2.75, 3.05) is 32.8 Å². The average Bonchev–Trinajstić information content (AvgIpc) is 2.61. The fourth-order valence-electron chi connectivity index (χ4n) is 3.66. The van der Waals surface area contributed by atoms with Crippen LogP contribution in [0.3, 0.4) is 0 Å². The number of rotatable bonds is 3. The lowest BCUT2D eigenvalue weighted by atomic mass is 10.1. The van der Waals surface area contributed by atoms with Crippen LogP contribution >= 0.6 is 24.0 Å². The predicted octanol–water partition coefficient (Wildman–Crippen LogP) is 1.74. The van der Waals surface area contributed by atoms with Gasteiger partial charge in [-0.1, -0.05) is 23.7 Å². The Morgan fingerprint density at radius 1 is 1.30 bits per heavy atom. The Morgan fingerprint density at radius 2 is 2.07 bits per heavy atom. The molecule has 0 radical (unpaired) electrons. The van der Waals surface area contributed by atoms with Crippen LogP contribution in [0.5, 0.6) is 0 Å². The van der Waals surface area contributed by atoms with E-state index in [0.29, 0.717) is 44.2 Å². The highest BCUT2D eigenvalue weighted by Crippen LogP contribution is 2.17. The molecule has 3 atom stereocenters. The van der Waals surface area contributed by atoms with E-state index in [0.717, 1.165) is 5.56 Å². The molecule has 2 fully saturated rings. The molecule has 1 N–H and O–H groups in total. The number of morpholine rings is 1. The Labute approximate surface area is 171 Å². The summed E-state index contributed by atoms with van der Waals surface area (Å²) in [6.07, 6.45) is 0.197. The summed E-state index contributed by atoms with van der Waals surface area (Å²) >= 11 is 6.00. The summed E-state index contributed by atoms with van der Waals surface area (Å²) < 4.78 is 5.58. The number of nitrogens with zero attached hydrogens (tertiary/aromatic N) is 2. The van der Waals surface area contributed by atoms with Gasteiger partial charge in [-0.05, 0) is 31.5 Å². The summed E-state index contributed by atoms with van der Waals surface area (Å²) in [5.74, 6) is 0.130. The van der Waals surface area contributed by atoms with Crippen molar-refractivity contribution >= 4 is 35.8 Å². The van der Waals surface area contributed by atoms with Crippen LogP contribution in [0.25, 0.3) is 0 Å². The zero-order valence-electron chi connectivity index (χ0n) is 15.7. The lowest BCUT2D eigenvalue weighted by Gasteiger charge is -2.42. The third-order valence-electron chi connectivity index (χ3n) is 5.09. The van der Waals surface area contributed by atoms with Crippen molar-refractivity contribution in [1.82, 2.24) is 15.1 Å². The van der Waals surface area contributed by atoms with Crippen LogP contribution in [0.2, 0.25) is 5.02 Å². The van der Waals surface area contributed by atoms with Crippen LogP contribution in [0.1, 0.15) is 19.4 Å². The number of carbonyl (C=O) groups excluding carboxylic acids is 2. The Balaban J connectivity index is 0.00000261. The van der Waals surface area contributed by atoms with Gasteiger partial charge in [-0.15, -0.1) is 12.4 Å². The second kappa shape index (κ2) is 9.73. The van der Waals surface area contributed by atoms with Crippen molar-refractivity contribution in [2.45, 2.75) is 38.5 Å².